The number of hydrogen-bond donors (Lipinski definition) is 0. The molecule has 0 heterocycles. The quantitative estimate of drug-likeness (QED) is 0.567. The van der Waals surface area contributed by atoms with E-state index in [2.05, 4.69) is 38.1 Å². The van der Waals surface area contributed by atoms with Crippen molar-refractivity contribution in [1.82, 2.24) is 0 Å². The summed E-state index contributed by atoms with van der Waals surface area (Å²) in [6.45, 7) is 6.87. The van der Waals surface area contributed by atoms with Gasteiger partial charge in [0, 0.05) is 37.0 Å². The zero-order valence-corrected chi connectivity index (χ0v) is 16.5. The highest BCUT2D eigenvalue weighted by Gasteiger charge is 2.26. The molecule has 0 aromatic heterocycles. The van der Waals surface area contributed by atoms with Crippen LogP contribution < -0.4 is 4.90 Å². The zero-order chi connectivity index (χ0) is 19.7. The van der Waals surface area contributed by atoms with Crippen LogP contribution in [-0.4, -0.2) is 33.2 Å². The van der Waals surface area contributed by atoms with Crippen molar-refractivity contribution in [2.45, 2.75) is 31.1 Å². The average Bonchev–Trinajstić information content (AvgIpc) is 2.53. The fourth-order valence-corrected chi connectivity index (χ4v) is 3.83. The number of anilines is 1. The third-order valence-electron chi connectivity index (χ3n) is 4.45. The molecule has 6 nitrogen and oxygen atoms in total. The van der Waals surface area contributed by atoms with E-state index in [4.69, 9.17) is 0 Å². The lowest BCUT2D eigenvalue weighted by molar-refractivity contribution is -0.387. The summed E-state index contributed by atoms with van der Waals surface area (Å²) >= 11 is 0. The van der Waals surface area contributed by atoms with Crippen molar-refractivity contribution in [3.8, 4) is 0 Å². The second-order valence-corrected chi connectivity index (χ2v) is 9.27. The monoisotopic (exact) mass is 376 g/mol. The highest BCUT2D eigenvalue weighted by molar-refractivity contribution is 7.90. The summed E-state index contributed by atoms with van der Waals surface area (Å²) < 4.78 is 23.9. The van der Waals surface area contributed by atoms with Crippen molar-refractivity contribution >= 4 is 21.2 Å². The Morgan fingerprint density at radius 3 is 2.19 bits per heavy atom. The SMILES string of the molecule is Cc1ccc(C(C)(C)CN(C)c2ccc([N+](=O)[O-])c(S(C)(=O)=O)c2)cc1. The number of nitrogens with zero attached hydrogens (tertiary/aromatic N) is 2. The number of aryl methyl sites for hydroxylation is 1. The lowest BCUT2D eigenvalue weighted by Crippen LogP contribution is -2.34. The maximum atomic E-state index is 11.9. The molecular formula is C19H24N2O4S. The summed E-state index contributed by atoms with van der Waals surface area (Å²) in [6.07, 6.45) is 0.982. The maximum absolute atomic E-state index is 11.9. The summed E-state index contributed by atoms with van der Waals surface area (Å²) in [7, 11) is -1.85. The minimum absolute atomic E-state index is 0.185. The number of nitro groups is 1. The molecule has 0 atom stereocenters. The minimum atomic E-state index is -3.70. The molecule has 0 saturated carbocycles. The topological polar surface area (TPSA) is 80.5 Å². The van der Waals surface area contributed by atoms with Gasteiger partial charge >= 0.3 is 0 Å². The Morgan fingerprint density at radius 1 is 1.12 bits per heavy atom. The molecule has 0 saturated heterocycles. The Morgan fingerprint density at radius 2 is 1.69 bits per heavy atom. The van der Waals surface area contributed by atoms with Crippen LogP contribution in [0.25, 0.3) is 0 Å². The Bertz CT molecular complexity index is 919. The molecular weight excluding hydrogens is 352 g/mol. The van der Waals surface area contributed by atoms with Crippen LogP contribution in [0.15, 0.2) is 47.4 Å². The molecule has 26 heavy (non-hydrogen) atoms. The van der Waals surface area contributed by atoms with Crippen molar-refractivity contribution < 1.29 is 13.3 Å². The molecule has 0 aliphatic heterocycles. The van der Waals surface area contributed by atoms with Crippen molar-refractivity contribution in [3.05, 3.63) is 63.7 Å². The van der Waals surface area contributed by atoms with Gasteiger partial charge in [-0.2, -0.15) is 0 Å². The van der Waals surface area contributed by atoms with Gasteiger partial charge in [-0.1, -0.05) is 43.7 Å². The molecule has 2 aromatic carbocycles. The number of rotatable bonds is 6. The summed E-state index contributed by atoms with van der Waals surface area (Å²) in [5.41, 5.74) is 2.39. The van der Waals surface area contributed by atoms with Crippen LogP contribution in [0.2, 0.25) is 0 Å². The molecule has 0 N–H and O–H groups in total. The van der Waals surface area contributed by atoms with E-state index in [1.165, 1.54) is 23.3 Å². The Hall–Kier alpha value is -2.41. The van der Waals surface area contributed by atoms with Crippen molar-refractivity contribution in [2.75, 3.05) is 24.7 Å². The zero-order valence-electron chi connectivity index (χ0n) is 15.7. The van der Waals surface area contributed by atoms with Gasteiger partial charge in [-0.25, -0.2) is 8.42 Å². The summed E-state index contributed by atoms with van der Waals surface area (Å²) in [6, 6.07) is 12.5. The first-order valence-corrected chi connectivity index (χ1v) is 10.1. The molecule has 0 amide bonds. The van der Waals surface area contributed by atoms with Crippen LogP contribution in [0, 0.1) is 17.0 Å². The number of hydrogen-bond acceptors (Lipinski definition) is 5. The van der Waals surface area contributed by atoms with Crippen LogP contribution >= 0.6 is 0 Å². The molecule has 0 unspecified atom stereocenters. The third-order valence-corrected chi connectivity index (χ3v) is 5.57. The van der Waals surface area contributed by atoms with E-state index in [1.807, 2.05) is 18.9 Å². The first-order chi connectivity index (χ1) is 11.9. The molecule has 0 aliphatic rings. The van der Waals surface area contributed by atoms with Gasteiger partial charge in [0.25, 0.3) is 5.69 Å². The number of benzene rings is 2. The second-order valence-electron chi connectivity index (χ2n) is 7.29. The van der Waals surface area contributed by atoms with Gasteiger partial charge < -0.3 is 4.90 Å². The van der Waals surface area contributed by atoms with E-state index in [0.717, 1.165) is 6.26 Å². The standard InChI is InChI=1S/C19H24N2O4S/c1-14-6-8-15(9-7-14)19(2,3)13-20(4)16-10-11-17(21(22)23)18(12-16)26(5,24)25/h6-12H,13H2,1-5H3. The van der Waals surface area contributed by atoms with Gasteiger partial charge in [-0.05, 0) is 24.6 Å². The van der Waals surface area contributed by atoms with Gasteiger partial charge in [0.1, 0.15) is 4.90 Å². The molecule has 0 bridgehead atoms. The van der Waals surface area contributed by atoms with Crippen LogP contribution in [0.5, 0.6) is 0 Å². The Balaban J connectivity index is 2.36. The number of nitro benzene ring substituents is 1. The lowest BCUT2D eigenvalue weighted by atomic mass is 9.83. The average molecular weight is 376 g/mol. The smallest absolute Gasteiger partial charge is 0.288 e. The second kappa shape index (κ2) is 7.07. The van der Waals surface area contributed by atoms with Crippen LogP contribution in [0.1, 0.15) is 25.0 Å². The normalized spacial score (nSPS) is 12.0. The number of likely N-dealkylation sites (N-methyl/N-ethyl adjacent to an activating group) is 1. The van der Waals surface area contributed by atoms with E-state index in [0.29, 0.717) is 12.2 Å². The first-order valence-electron chi connectivity index (χ1n) is 8.18. The number of sulfone groups is 1. The highest BCUT2D eigenvalue weighted by Crippen LogP contribution is 2.31. The fourth-order valence-electron chi connectivity index (χ4n) is 2.97. The molecule has 0 radical (unpaired) electrons. The third kappa shape index (κ3) is 4.40. The van der Waals surface area contributed by atoms with E-state index in [-0.39, 0.29) is 10.3 Å². The Labute approximate surface area is 154 Å². The van der Waals surface area contributed by atoms with Crippen LogP contribution in [-0.2, 0) is 15.3 Å². The van der Waals surface area contributed by atoms with E-state index in [1.54, 1.807) is 6.07 Å². The van der Waals surface area contributed by atoms with E-state index in [9.17, 15) is 18.5 Å². The predicted octanol–water partition coefficient (Wildman–Crippen LogP) is 3.72. The highest BCUT2D eigenvalue weighted by atomic mass is 32.2. The Kier molecular flexibility index (Phi) is 5.41. The molecule has 2 aromatic rings. The van der Waals surface area contributed by atoms with Crippen molar-refractivity contribution in [2.24, 2.45) is 0 Å². The van der Waals surface area contributed by atoms with Gasteiger partial charge in [-0.3, -0.25) is 10.1 Å². The van der Waals surface area contributed by atoms with E-state index < -0.39 is 20.4 Å². The first kappa shape index (κ1) is 19.9. The molecule has 140 valence electrons. The molecule has 2 rings (SSSR count). The summed E-state index contributed by atoms with van der Waals surface area (Å²) in [4.78, 5) is 12.1. The van der Waals surface area contributed by atoms with Crippen LogP contribution in [0.4, 0.5) is 11.4 Å². The summed E-state index contributed by atoms with van der Waals surface area (Å²) in [5, 5.41) is 11.1. The van der Waals surface area contributed by atoms with Crippen molar-refractivity contribution in [3.63, 3.8) is 0 Å². The largest absolute Gasteiger partial charge is 0.374 e. The molecule has 0 spiro atoms. The minimum Gasteiger partial charge on any atom is -0.374 e. The van der Waals surface area contributed by atoms with Gasteiger partial charge in [0.15, 0.2) is 9.84 Å². The summed E-state index contributed by atoms with van der Waals surface area (Å²) in [5.74, 6) is 0. The molecule has 7 heteroatoms. The molecule has 0 aliphatic carbocycles. The van der Waals surface area contributed by atoms with Gasteiger partial charge in [0.05, 0.1) is 4.92 Å². The van der Waals surface area contributed by atoms with E-state index >= 15 is 0 Å². The van der Waals surface area contributed by atoms with Gasteiger partial charge in [0.2, 0.25) is 0 Å². The van der Waals surface area contributed by atoms with Gasteiger partial charge in [-0.15, -0.1) is 0 Å². The maximum Gasteiger partial charge on any atom is 0.288 e. The van der Waals surface area contributed by atoms with Crippen molar-refractivity contribution in [1.29, 1.82) is 0 Å². The lowest BCUT2D eigenvalue weighted by Gasteiger charge is -2.32. The fraction of sp³-hybridized carbons (Fsp3) is 0.368. The van der Waals surface area contributed by atoms with Crippen LogP contribution in [0.3, 0.4) is 0 Å². The molecule has 0 fully saturated rings. The predicted molar refractivity (Wildman–Crippen MR) is 104 cm³/mol.